The lowest BCUT2D eigenvalue weighted by Gasteiger charge is -1.99. The molecule has 0 bridgehead atoms. The fourth-order valence-electron chi connectivity index (χ4n) is 0.979. The number of nitrogens with zero attached hydrogens (tertiary/aromatic N) is 2. The molecule has 0 N–H and O–H groups in total. The van der Waals surface area contributed by atoms with E-state index in [9.17, 15) is 0 Å². The van der Waals surface area contributed by atoms with E-state index < -0.39 is 0 Å². The molecule has 0 unspecified atom stereocenters. The molecule has 0 aliphatic rings. The maximum atomic E-state index is 5.84. The molecule has 0 amide bonds. The zero-order valence-corrected chi connectivity index (χ0v) is 8.70. The van der Waals surface area contributed by atoms with E-state index >= 15 is 0 Å². The fourth-order valence-corrected chi connectivity index (χ4v) is 1.17. The summed E-state index contributed by atoms with van der Waals surface area (Å²) in [5.74, 6) is 0.575. The van der Waals surface area contributed by atoms with Gasteiger partial charge in [-0.25, -0.2) is 9.98 Å². The number of allylic oxidation sites excluding steroid dienone is 1. The van der Waals surface area contributed by atoms with E-state index in [-0.39, 0.29) is 0 Å². The molecule has 14 heavy (non-hydrogen) atoms. The highest BCUT2D eigenvalue weighted by atomic mass is 35.5. The van der Waals surface area contributed by atoms with Crippen LogP contribution in [0.4, 0.5) is 0 Å². The van der Waals surface area contributed by atoms with E-state index in [0.717, 1.165) is 5.56 Å². The van der Waals surface area contributed by atoms with Gasteiger partial charge in [0.1, 0.15) is 0 Å². The summed E-state index contributed by atoms with van der Waals surface area (Å²) in [6.45, 7) is 5.35. The molecule has 0 saturated heterocycles. The van der Waals surface area contributed by atoms with Crippen LogP contribution in [0.5, 0.6) is 0 Å². The lowest BCUT2D eigenvalue weighted by molar-refractivity contribution is 1.45. The zero-order valence-electron chi connectivity index (χ0n) is 7.94. The van der Waals surface area contributed by atoms with Crippen molar-refractivity contribution in [3.63, 3.8) is 0 Å². The summed E-state index contributed by atoms with van der Waals surface area (Å²) < 4.78 is 0. The molecule has 72 valence electrons. The maximum Gasteiger partial charge on any atom is 0.158 e. The van der Waals surface area contributed by atoms with E-state index in [1.165, 1.54) is 0 Å². The third-order valence-corrected chi connectivity index (χ3v) is 1.81. The van der Waals surface area contributed by atoms with Crippen molar-refractivity contribution in [3.05, 3.63) is 47.1 Å². The molecule has 0 aliphatic carbocycles. The normalized spacial score (nSPS) is 12.0. The van der Waals surface area contributed by atoms with Crippen molar-refractivity contribution in [2.24, 2.45) is 9.98 Å². The maximum absolute atomic E-state index is 5.84. The Morgan fingerprint density at radius 3 is 2.86 bits per heavy atom. The van der Waals surface area contributed by atoms with Crippen LogP contribution < -0.4 is 0 Å². The Kier molecular flexibility index (Phi) is 4.08. The van der Waals surface area contributed by atoms with Crippen LogP contribution in [0.2, 0.25) is 5.02 Å². The summed E-state index contributed by atoms with van der Waals surface area (Å²) >= 11 is 5.84. The molecule has 0 aromatic heterocycles. The third kappa shape index (κ3) is 2.82. The predicted octanol–water partition coefficient (Wildman–Crippen LogP) is 3.32. The minimum atomic E-state index is 0.575. The van der Waals surface area contributed by atoms with Crippen LogP contribution in [-0.4, -0.2) is 12.6 Å². The van der Waals surface area contributed by atoms with Crippen LogP contribution in [0.1, 0.15) is 12.5 Å². The van der Waals surface area contributed by atoms with Crippen molar-refractivity contribution in [2.75, 3.05) is 0 Å². The number of halogens is 1. The van der Waals surface area contributed by atoms with Crippen molar-refractivity contribution < 1.29 is 0 Å². The van der Waals surface area contributed by atoms with Crippen LogP contribution in [-0.2, 0) is 0 Å². The second-order valence-electron chi connectivity index (χ2n) is 2.60. The van der Waals surface area contributed by atoms with Gasteiger partial charge in [-0.2, -0.15) is 0 Å². The molecule has 0 radical (unpaired) electrons. The molecule has 0 atom stereocenters. The van der Waals surface area contributed by atoms with E-state index in [1.54, 1.807) is 18.3 Å². The average molecular weight is 207 g/mol. The topological polar surface area (TPSA) is 24.7 Å². The van der Waals surface area contributed by atoms with Crippen molar-refractivity contribution in [1.29, 1.82) is 0 Å². The highest BCUT2D eigenvalue weighted by molar-refractivity contribution is 6.31. The Hall–Kier alpha value is -1.41. The number of benzene rings is 1. The standard InChI is InChI=1S/C11H11ClN2/c1-3-7-14-11(13-2)9-5-4-6-10(12)8-9/h3-8H,2H2,1H3/b7-3-,14-11?. The molecule has 1 aromatic rings. The predicted molar refractivity (Wildman–Crippen MR) is 62.4 cm³/mol. The molecule has 3 heteroatoms. The Morgan fingerprint density at radius 2 is 2.29 bits per heavy atom. The minimum Gasteiger partial charge on any atom is -0.245 e. The molecule has 0 fully saturated rings. The number of hydrogen-bond donors (Lipinski definition) is 0. The first-order valence-electron chi connectivity index (χ1n) is 4.19. The van der Waals surface area contributed by atoms with Crippen molar-refractivity contribution in [3.8, 4) is 0 Å². The van der Waals surface area contributed by atoms with Crippen LogP contribution in [0, 0.1) is 0 Å². The number of rotatable bonds is 2. The zero-order chi connectivity index (χ0) is 10.4. The van der Waals surface area contributed by atoms with E-state index in [2.05, 4.69) is 16.7 Å². The number of aliphatic imine (C=N–C) groups is 2. The largest absolute Gasteiger partial charge is 0.245 e. The summed E-state index contributed by atoms with van der Waals surface area (Å²) in [4.78, 5) is 7.95. The van der Waals surface area contributed by atoms with Gasteiger partial charge >= 0.3 is 0 Å². The fraction of sp³-hybridized carbons (Fsp3) is 0.0909. The van der Waals surface area contributed by atoms with Crippen LogP contribution in [0.15, 0.2) is 46.5 Å². The van der Waals surface area contributed by atoms with Gasteiger partial charge in [-0.1, -0.05) is 29.8 Å². The lowest BCUT2D eigenvalue weighted by Crippen LogP contribution is -1.94. The van der Waals surface area contributed by atoms with Crippen molar-refractivity contribution >= 4 is 24.2 Å². The smallest absolute Gasteiger partial charge is 0.158 e. The summed E-state index contributed by atoms with van der Waals surface area (Å²) in [5, 5.41) is 0.666. The quantitative estimate of drug-likeness (QED) is 0.524. The second kappa shape index (κ2) is 5.35. The van der Waals surface area contributed by atoms with Crippen LogP contribution in [0.3, 0.4) is 0 Å². The van der Waals surface area contributed by atoms with Gasteiger partial charge in [0, 0.05) is 16.8 Å². The van der Waals surface area contributed by atoms with Gasteiger partial charge in [-0.05, 0) is 25.8 Å². The summed E-state index contributed by atoms with van der Waals surface area (Å²) in [6, 6.07) is 7.36. The third-order valence-electron chi connectivity index (χ3n) is 1.58. The van der Waals surface area contributed by atoms with E-state index in [0.29, 0.717) is 10.9 Å². The molecular formula is C11H11ClN2. The van der Waals surface area contributed by atoms with E-state index in [1.807, 2.05) is 25.1 Å². The molecule has 0 spiro atoms. The van der Waals surface area contributed by atoms with Gasteiger partial charge in [-0.15, -0.1) is 0 Å². The van der Waals surface area contributed by atoms with Gasteiger partial charge in [0.15, 0.2) is 5.84 Å². The summed E-state index contributed by atoms with van der Waals surface area (Å²) in [5.41, 5.74) is 0.866. The minimum absolute atomic E-state index is 0.575. The Morgan fingerprint density at radius 1 is 1.50 bits per heavy atom. The second-order valence-corrected chi connectivity index (χ2v) is 3.04. The molecule has 1 aromatic carbocycles. The van der Waals surface area contributed by atoms with Crippen LogP contribution >= 0.6 is 11.6 Å². The lowest BCUT2D eigenvalue weighted by atomic mass is 10.2. The number of hydrogen-bond acceptors (Lipinski definition) is 1. The Labute approximate surface area is 88.7 Å². The van der Waals surface area contributed by atoms with Gasteiger partial charge in [-0.3, -0.25) is 0 Å². The first-order valence-corrected chi connectivity index (χ1v) is 4.57. The molecule has 0 saturated carbocycles. The molecule has 1 rings (SSSR count). The first-order chi connectivity index (χ1) is 6.77. The molecular weight excluding hydrogens is 196 g/mol. The number of amidine groups is 1. The Balaban J connectivity index is 3.06. The van der Waals surface area contributed by atoms with E-state index in [4.69, 9.17) is 11.6 Å². The summed E-state index contributed by atoms with van der Waals surface area (Å²) in [7, 11) is 0. The first kappa shape index (κ1) is 10.7. The highest BCUT2D eigenvalue weighted by Crippen LogP contribution is 2.12. The van der Waals surface area contributed by atoms with Gasteiger partial charge in [0.2, 0.25) is 0 Å². The van der Waals surface area contributed by atoms with Crippen LogP contribution in [0.25, 0.3) is 0 Å². The average Bonchev–Trinajstić information content (AvgIpc) is 2.19. The highest BCUT2D eigenvalue weighted by Gasteiger charge is 1.99. The Bertz CT molecular complexity index is 381. The monoisotopic (exact) mass is 206 g/mol. The SMILES string of the molecule is C=NC(=N/C=C\C)c1cccc(Cl)c1. The van der Waals surface area contributed by atoms with Crippen molar-refractivity contribution in [1.82, 2.24) is 0 Å². The molecule has 2 nitrogen and oxygen atoms in total. The van der Waals surface area contributed by atoms with Crippen molar-refractivity contribution in [2.45, 2.75) is 6.92 Å². The van der Waals surface area contributed by atoms with Gasteiger partial charge in [0.25, 0.3) is 0 Å². The summed E-state index contributed by atoms with van der Waals surface area (Å²) in [6.07, 6.45) is 3.50. The molecule has 0 heterocycles. The van der Waals surface area contributed by atoms with Gasteiger partial charge < -0.3 is 0 Å². The molecule has 0 aliphatic heterocycles. The van der Waals surface area contributed by atoms with Gasteiger partial charge in [0.05, 0.1) is 0 Å².